The number of carbonyl (C=O) groups excluding carboxylic acids is 3. The Balaban J connectivity index is 2.19. The number of amides is 3. The number of nitrogens with one attached hydrogen (secondary N) is 2. The summed E-state index contributed by atoms with van der Waals surface area (Å²) in [5.74, 6) is -1.24. The van der Waals surface area contributed by atoms with E-state index in [0.717, 1.165) is 17.3 Å². The van der Waals surface area contributed by atoms with E-state index < -0.39 is 23.9 Å². The fourth-order valence-electron chi connectivity index (χ4n) is 3.07. The second-order valence-electron chi connectivity index (χ2n) is 7.21. The number of aryl methyl sites for hydroxylation is 2. The van der Waals surface area contributed by atoms with E-state index in [1.807, 2.05) is 0 Å². The zero-order chi connectivity index (χ0) is 26.3. The van der Waals surface area contributed by atoms with E-state index in [-0.39, 0.29) is 34.7 Å². The maximum atomic E-state index is 12.6. The molecule has 2 rings (SSSR count). The summed E-state index contributed by atoms with van der Waals surface area (Å²) in [7, 11) is 2.80. The number of imide groups is 1. The van der Waals surface area contributed by atoms with E-state index in [9.17, 15) is 27.6 Å². The Kier molecular flexibility index (Phi) is 9.12. The number of anilines is 1. The van der Waals surface area contributed by atoms with Crippen LogP contribution in [0.25, 0.3) is 5.70 Å². The van der Waals surface area contributed by atoms with Gasteiger partial charge < -0.3 is 19.8 Å². The normalized spacial score (nSPS) is 11.9. The summed E-state index contributed by atoms with van der Waals surface area (Å²) in [5.41, 5.74) is 1.24. The van der Waals surface area contributed by atoms with Gasteiger partial charge in [-0.05, 0) is 43.0 Å². The molecule has 2 aromatic rings. The number of carbonyl (C=O) groups is 3. The van der Waals surface area contributed by atoms with Crippen LogP contribution < -0.4 is 15.4 Å². The molecule has 1 heterocycles. The first kappa shape index (κ1) is 27.5. The first-order valence-corrected chi connectivity index (χ1v) is 10.5. The van der Waals surface area contributed by atoms with Crippen LogP contribution in [0.2, 0.25) is 0 Å². The Hall–Kier alpha value is -3.74. The fraction of sp³-hybridized carbons (Fsp3) is 0.273. The van der Waals surface area contributed by atoms with Gasteiger partial charge in [-0.1, -0.05) is 0 Å². The van der Waals surface area contributed by atoms with Crippen LogP contribution >= 0.6 is 12.6 Å². The summed E-state index contributed by atoms with van der Waals surface area (Å²) >= 11 is 4.04. The maximum Gasteiger partial charge on any atom is 0.573 e. The van der Waals surface area contributed by atoms with Crippen LogP contribution in [0.15, 0.2) is 33.0 Å². The molecule has 1 aromatic carbocycles. The van der Waals surface area contributed by atoms with Gasteiger partial charge in [0.15, 0.2) is 0 Å². The number of alkyl halides is 3. The SMILES string of the molecule is CNc1oc(C)c(CC(=O)NC=N/C(=C\S)c2cc(C)cc(OC(F)(F)F)c2)c1C(=O)N(C)C=O. The Morgan fingerprint density at radius 2 is 1.94 bits per heavy atom. The van der Waals surface area contributed by atoms with Crippen molar-refractivity contribution in [2.75, 3.05) is 19.4 Å². The molecule has 0 saturated heterocycles. The molecule has 0 spiro atoms. The molecule has 0 aliphatic carbocycles. The standard InChI is InChI=1S/C22H23F3N4O5S/c1-12-5-14(7-15(6-12)34-22(23,24)25)17(9-35)27-10-28-18(31)8-16-13(2)33-20(26-3)19(16)21(32)29(4)11-30/h5-7,9-11,26,35H,8H2,1-4H3,(H,27,28,31)/b17-9-. The Labute approximate surface area is 204 Å². The number of nitrogens with zero attached hydrogens (tertiary/aromatic N) is 2. The average Bonchev–Trinajstić information content (AvgIpc) is 3.08. The zero-order valence-corrected chi connectivity index (χ0v) is 20.1. The zero-order valence-electron chi connectivity index (χ0n) is 19.2. The van der Waals surface area contributed by atoms with Crippen molar-refractivity contribution in [3.05, 3.63) is 51.6 Å². The van der Waals surface area contributed by atoms with Crippen molar-refractivity contribution in [1.82, 2.24) is 10.2 Å². The Bertz CT molecular complexity index is 1170. The summed E-state index contributed by atoms with van der Waals surface area (Å²) in [5, 5.41) is 6.39. The predicted molar refractivity (Wildman–Crippen MR) is 126 cm³/mol. The number of hydrogen-bond donors (Lipinski definition) is 3. The lowest BCUT2D eigenvalue weighted by molar-refractivity contribution is -0.274. The summed E-state index contributed by atoms with van der Waals surface area (Å²) in [6, 6.07) is 3.92. The number of aliphatic imine (C=N–C) groups is 1. The third kappa shape index (κ3) is 7.37. The molecular formula is C22H23F3N4O5S. The van der Waals surface area contributed by atoms with Crippen LogP contribution in [0.5, 0.6) is 5.75 Å². The van der Waals surface area contributed by atoms with E-state index in [4.69, 9.17) is 4.42 Å². The predicted octanol–water partition coefficient (Wildman–Crippen LogP) is 3.68. The lowest BCUT2D eigenvalue weighted by Gasteiger charge is -2.11. The second kappa shape index (κ2) is 11.6. The molecule has 9 nitrogen and oxygen atoms in total. The van der Waals surface area contributed by atoms with Gasteiger partial charge in [0.25, 0.3) is 5.91 Å². The van der Waals surface area contributed by atoms with Crippen molar-refractivity contribution in [2.24, 2.45) is 4.99 Å². The van der Waals surface area contributed by atoms with Gasteiger partial charge in [0.05, 0.1) is 18.5 Å². The number of furan rings is 1. The Morgan fingerprint density at radius 3 is 2.51 bits per heavy atom. The minimum Gasteiger partial charge on any atom is -0.445 e. The number of benzene rings is 1. The number of ether oxygens (including phenoxy) is 1. The van der Waals surface area contributed by atoms with Gasteiger partial charge >= 0.3 is 6.36 Å². The van der Waals surface area contributed by atoms with Gasteiger partial charge in [0, 0.05) is 25.2 Å². The third-order valence-corrected chi connectivity index (χ3v) is 4.84. The molecule has 0 unspecified atom stereocenters. The van der Waals surface area contributed by atoms with Gasteiger partial charge in [-0.15, -0.1) is 25.8 Å². The smallest absolute Gasteiger partial charge is 0.445 e. The van der Waals surface area contributed by atoms with Gasteiger partial charge in [-0.2, -0.15) is 0 Å². The number of halogens is 3. The highest BCUT2D eigenvalue weighted by Gasteiger charge is 2.31. The molecule has 35 heavy (non-hydrogen) atoms. The van der Waals surface area contributed by atoms with Gasteiger partial charge in [-0.25, -0.2) is 4.99 Å². The lowest BCUT2D eigenvalue weighted by Crippen LogP contribution is -2.28. The molecule has 13 heteroatoms. The van der Waals surface area contributed by atoms with E-state index >= 15 is 0 Å². The second-order valence-corrected chi connectivity index (χ2v) is 7.47. The highest BCUT2D eigenvalue weighted by atomic mass is 32.1. The molecule has 0 saturated carbocycles. The van der Waals surface area contributed by atoms with Crippen LogP contribution in [0, 0.1) is 13.8 Å². The molecular weight excluding hydrogens is 489 g/mol. The highest BCUT2D eigenvalue weighted by Crippen LogP contribution is 2.29. The van der Waals surface area contributed by atoms with Crippen LogP contribution in [-0.2, 0) is 16.0 Å². The molecule has 0 bridgehead atoms. The average molecular weight is 513 g/mol. The summed E-state index contributed by atoms with van der Waals surface area (Å²) in [6.07, 6.45) is -3.75. The van der Waals surface area contributed by atoms with Crippen molar-refractivity contribution >= 4 is 48.8 Å². The van der Waals surface area contributed by atoms with Crippen molar-refractivity contribution < 1.29 is 36.7 Å². The molecule has 0 aliphatic heterocycles. The molecule has 3 amide bonds. The topological polar surface area (TPSA) is 113 Å². The van der Waals surface area contributed by atoms with Crippen LogP contribution in [0.4, 0.5) is 19.1 Å². The van der Waals surface area contributed by atoms with Gasteiger partial charge in [0.2, 0.25) is 18.2 Å². The molecule has 0 fully saturated rings. The third-order valence-electron chi connectivity index (χ3n) is 4.60. The lowest BCUT2D eigenvalue weighted by atomic mass is 10.1. The van der Waals surface area contributed by atoms with E-state index in [1.165, 1.54) is 25.6 Å². The molecule has 0 atom stereocenters. The fourth-order valence-corrected chi connectivity index (χ4v) is 3.29. The van der Waals surface area contributed by atoms with Crippen molar-refractivity contribution in [3.8, 4) is 5.75 Å². The number of rotatable bonds is 9. The number of thiol groups is 1. The largest absolute Gasteiger partial charge is 0.573 e. The first-order chi connectivity index (χ1) is 16.4. The molecule has 1 aromatic heterocycles. The molecule has 0 aliphatic rings. The van der Waals surface area contributed by atoms with E-state index in [2.05, 4.69) is 33.0 Å². The maximum absolute atomic E-state index is 12.6. The Morgan fingerprint density at radius 1 is 1.26 bits per heavy atom. The summed E-state index contributed by atoms with van der Waals surface area (Å²) in [6.45, 7) is 3.15. The van der Waals surface area contributed by atoms with E-state index in [1.54, 1.807) is 19.9 Å². The summed E-state index contributed by atoms with van der Waals surface area (Å²) < 4.78 is 47.2. The highest BCUT2D eigenvalue weighted by molar-refractivity contribution is 7.83. The van der Waals surface area contributed by atoms with E-state index in [0.29, 0.717) is 17.7 Å². The number of hydrogen-bond acceptors (Lipinski definition) is 8. The van der Waals surface area contributed by atoms with Crippen LogP contribution in [-0.4, -0.2) is 49.9 Å². The van der Waals surface area contributed by atoms with Crippen molar-refractivity contribution in [3.63, 3.8) is 0 Å². The molecule has 0 radical (unpaired) electrons. The molecule has 2 N–H and O–H groups in total. The van der Waals surface area contributed by atoms with Crippen LogP contribution in [0.3, 0.4) is 0 Å². The summed E-state index contributed by atoms with van der Waals surface area (Å²) in [4.78, 5) is 40.9. The van der Waals surface area contributed by atoms with Crippen molar-refractivity contribution in [2.45, 2.75) is 26.6 Å². The first-order valence-electron chi connectivity index (χ1n) is 9.96. The van der Waals surface area contributed by atoms with Gasteiger partial charge in [-0.3, -0.25) is 19.3 Å². The monoisotopic (exact) mass is 512 g/mol. The van der Waals surface area contributed by atoms with Gasteiger partial charge in [0.1, 0.15) is 17.1 Å². The quantitative estimate of drug-likeness (QED) is 0.205. The van der Waals surface area contributed by atoms with Crippen LogP contribution in [0.1, 0.15) is 32.8 Å². The minimum absolute atomic E-state index is 0.0413. The molecule has 188 valence electrons. The minimum atomic E-state index is -4.85. The van der Waals surface area contributed by atoms with Crippen molar-refractivity contribution in [1.29, 1.82) is 0 Å².